The summed E-state index contributed by atoms with van der Waals surface area (Å²) < 4.78 is 1.54. The molecule has 0 unspecified atom stereocenters. The minimum atomic E-state index is 0.271. The summed E-state index contributed by atoms with van der Waals surface area (Å²) in [4.78, 5) is 0. The summed E-state index contributed by atoms with van der Waals surface area (Å²) in [5, 5.41) is 12.3. The lowest BCUT2D eigenvalue weighted by atomic mass is 10.3. The fraction of sp³-hybridized carbons (Fsp3) is 0.286. The average Bonchev–Trinajstić information content (AvgIpc) is 2.48. The summed E-state index contributed by atoms with van der Waals surface area (Å²) in [5.74, 6) is 0.867. The van der Waals surface area contributed by atoms with Crippen LogP contribution in [0.15, 0.2) is 6.07 Å². The van der Waals surface area contributed by atoms with Crippen molar-refractivity contribution >= 4 is 28.8 Å². The molecule has 0 aliphatic carbocycles. The van der Waals surface area contributed by atoms with E-state index < -0.39 is 0 Å². The monoisotopic (exact) mass is 216 g/mol. The molecule has 0 saturated heterocycles. The van der Waals surface area contributed by atoms with Gasteiger partial charge in [0, 0.05) is 0 Å². The molecule has 0 aliphatic rings. The van der Waals surface area contributed by atoms with Gasteiger partial charge in [-0.1, -0.05) is 11.6 Å². The second-order valence-corrected chi connectivity index (χ2v) is 3.26. The standard InChI is InChI=1S/C7H6Cl2N4/c1-4-2-5-10-11-6(3-8)13(5)12-7(4)9/h2H,3H2,1H3. The maximum atomic E-state index is 5.84. The van der Waals surface area contributed by atoms with E-state index in [0.717, 1.165) is 5.56 Å². The SMILES string of the molecule is Cc1cc2nnc(CCl)n2nc1Cl. The summed E-state index contributed by atoms with van der Waals surface area (Å²) >= 11 is 11.5. The second kappa shape index (κ2) is 3.12. The number of halogens is 2. The van der Waals surface area contributed by atoms with Crippen LogP contribution in [0, 0.1) is 6.92 Å². The Morgan fingerprint density at radius 3 is 2.92 bits per heavy atom. The molecule has 0 N–H and O–H groups in total. The Labute approximate surface area is 84.5 Å². The predicted molar refractivity (Wildman–Crippen MR) is 50.1 cm³/mol. The van der Waals surface area contributed by atoms with Gasteiger partial charge in [-0.15, -0.1) is 21.8 Å². The van der Waals surface area contributed by atoms with Crippen molar-refractivity contribution in [1.82, 2.24) is 19.8 Å². The van der Waals surface area contributed by atoms with E-state index >= 15 is 0 Å². The number of nitrogens with zero attached hydrogens (tertiary/aromatic N) is 4. The zero-order valence-electron chi connectivity index (χ0n) is 6.83. The van der Waals surface area contributed by atoms with Crippen LogP contribution in [0.1, 0.15) is 11.4 Å². The van der Waals surface area contributed by atoms with Gasteiger partial charge in [0.2, 0.25) is 0 Å². The van der Waals surface area contributed by atoms with E-state index in [-0.39, 0.29) is 5.88 Å². The number of hydrogen-bond acceptors (Lipinski definition) is 3. The third-order valence-electron chi connectivity index (χ3n) is 1.71. The fourth-order valence-electron chi connectivity index (χ4n) is 1.03. The van der Waals surface area contributed by atoms with Gasteiger partial charge >= 0.3 is 0 Å². The Kier molecular flexibility index (Phi) is 2.09. The number of aryl methyl sites for hydroxylation is 1. The van der Waals surface area contributed by atoms with E-state index in [9.17, 15) is 0 Å². The Morgan fingerprint density at radius 2 is 2.23 bits per heavy atom. The molecule has 2 aromatic heterocycles. The highest BCUT2D eigenvalue weighted by atomic mass is 35.5. The van der Waals surface area contributed by atoms with Crippen molar-refractivity contribution in [2.45, 2.75) is 12.8 Å². The summed E-state index contributed by atoms with van der Waals surface area (Å²) in [6.45, 7) is 1.87. The molecule has 0 radical (unpaired) electrons. The molecule has 0 fully saturated rings. The topological polar surface area (TPSA) is 43.1 Å². The van der Waals surface area contributed by atoms with Crippen molar-refractivity contribution in [3.63, 3.8) is 0 Å². The van der Waals surface area contributed by atoms with Crippen LogP contribution < -0.4 is 0 Å². The Balaban J connectivity index is 2.77. The predicted octanol–water partition coefficient (Wildman–Crippen LogP) is 1.82. The van der Waals surface area contributed by atoms with Gasteiger partial charge in [0.15, 0.2) is 16.6 Å². The number of aromatic nitrogens is 4. The first-order valence-electron chi connectivity index (χ1n) is 3.66. The van der Waals surface area contributed by atoms with Crippen LogP contribution in [-0.2, 0) is 5.88 Å². The highest BCUT2D eigenvalue weighted by Gasteiger charge is 2.07. The molecule has 0 aliphatic heterocycles. The quantitative estimate of drug-likeness (QED) is 0.684. The molecule has 0 aromatic carbocycles. The minimum absolute atomic E-state index is 0.271. The molecule has 4 nitrogen and oxygen atoms in total. The van der Waals surface area contributed by atoms with Crippen LogP contribution >= 0.6 is 23.2 Å². The highest BCUT2D eigenvalue weighted by molar-refractivity contribution is 6.30. The molecule has 6 heteroatoms. The van der Waals surface area contributed by atoms with Crippen LogP contribution in [-0.4, -0.2) is 19.8 Å². The number of hydrogen-bond donors (Lipinski definition) is 0. The first kappa shape index (κ1) is 8.72. The molecular formula is C7H6Cl2N4. The van der Waals surface area contributed by atoms with Crippen molar-refractivity contribution in [3.8, 4) is 0 Å². The van der Waals surface area contributed by atoms with Crippen LogP contribution in [0.4, 0.5) is 0 Å². The van der Waals surface area contributed by atoms with Crippen molar-refractivity contribution < 1.29 is 0 Å². The normalized spacial score (nSPS) is 11.0. The fourth-order valence-corrected chi connectivity index (χ4v) is 1.32. The molecule has 0 bridgehead atoms. The molecule has 0 spiro atoms. The van der Waals surface area contributed by atoms with Crippen molar-refractivity contribution in [3.05, 3.63) is 22.6 Å². The lowest BCUT2D eigenvalue weighted by Gasteiger charge is -1.98. The second-order valence-electron chi connectivity index (χ2n) is 2.64. The lowest BCUT2D eigenvalue weighted by molar-refractivity contribution is 0.860. The number of alkyl halides is 1. The van der Waals surface area contributed by atoms with E-state index in [1.54, 1.807) is 4.52 Å². The number of fused-ring (bicyclic) bond motifs is 1. The molecule has 2 heterocycles. The summed E-state index contributed by atoms with van der Waals surface area (Å²) in [5.41, 5.74) is 1.54. The van der Waals surface area contributed by atoms with Crippen molar-refractivity contribution in [1.29, 1.82) is 0 Å². The molecule has 2 rings (SSSR count). The van der Waals surface area contributed by atoms with Gasteiger partial charge in [0.1, 0.15) is 0 Å². The maximum absolute atomic E-state index is 5.84. The molecule has 0 atom stereocenters. The minimum Gasteiger partial charge on any atom is -0.195 e. The van der Waals surface area contributed by atoms with Gasteiger partial charge in [-0.05, 0) is 18.6 Å². The molecular weight excluding hydrogens is 211 g/mol. The highest BCUT2D eigenvalue weighted by Crippen LogP contribution is 2.13. The van der Waals surface area contributed by atoms with Gasteiger partial charge in [0.25, 0.3) is 0 Å². The molecule has 68 valence electrons. The third kappa shape index (κ3) is 1.36. The first-order chi connectivity index (χ1) is 6.22. The van der Waals surface area contributed by atoms with E-state index in [1.165, 1.54) is 0 Å². The van der Waals surface area contributed by atoms with Crippen LogP contribution in [0.2, 0.25) is 5.15 Å². The number of rotatable bonds is 1. The molecule has 2 aromatic rings. The van der Waals surface area contributed by atoms with Gasteiger partial charge in [-0.2, -0.15) is 9.61 Å². The van der Waals surface area contributed by atoms with Crippen molar-refractivity contribution in [2.75, 3.05) is 0 Å². The zero-order valence-corrected chi connectivity index (χ0v) is 8.34. The Morgan fingerprint density at radius 1 is 1.46 bits per heavy atom. The van der Waals surface area contributed by atoms with Crippen molar-refractivity contribution in [2.24, 2.45) is 0 Å². The molecule has 0 saturated carbocycles. The molecule has 0 amide bonds. The smallest absolute Gasteiger partial charge is 0.178 e. The summed E-state index contributed by atoms with van der Waals surface area (Å²) in [6.07, 6.45) is 0. The summed E-state index contributed by atoms with van der Waals surface area (Å²) in [6, 6.07) is 1.82. The van der Waals surface area contributed by atoms with Crippen LogP contribution in [0.3, 0.4) is 0 Å². The van der Waals surface area contributed by atoms with E-state index in [1.807, 2.05) is 13.0 Å². The maximum Gasteiger partial charge on any atom is 0.178 e. The van der Waals surface area contributed by atoms with E-state index in [2.05, 4.69) is 15.3 Å². The summed E-state index contributed by atoms with van der Waals surface area (Å²) in [7, 11) is 0. The van der Waals surface area contributed by atoms with E-state index in [4.69, 9.17) is 23.2 Å². The van der Waals surface area contributed by atoms with E-state index in [0.29, 0.717) is 16.6 Å². The van der Waals surface area contributed by atoms with Gasteiger partial charge in [0.05, 0.1) is 5.88 Å². The van der Waals surface area contributed by atoms with Crippen LogP contribution in [0.5, 0.6) is 0 Å². The van der Waals surface area contributed by atoms with Crippen LogP contribution in [0.25, 0.3) is 5.65 Å². The van der Waals surface area contributed by atoms with Gasteiger partial charge in [-0.3, -0.25) is 0 Å². The Bertz CT molecular complexity index is 451. The molecule has 13 heavy (non-hydrogen) atoms. The zero-order chi connectivity index (χ0) is 9.42. The lowest BCUT2D eigenvalue weighted by Crippen LogP contribution is -1.98. The average molecular weight is 217 g/mol. The Hall–Kier alpha value is -0.870. The largest absolute Gasteiger partial charge is 0.195 e. The first-order valence-corrected chi connectivity index (χ1v) is 4.57. The van der Waals surface area contributed by atoms with Gasteiger partial charge < -0.3 is 0 Å². The van der Waals surface area contributed by atoms with Gasteiger partial charge in [-0.25, -0.2) is 0 Å². The third-order valence-corrected chi connectivity index (χ3v) is 2.32.